The van der Waals surface area contributed by atoms with Gasteiger partial charge in [0.2, 0.25) is 5.91 Å². The predicted molar refractivity (Wildman–Crippen MR) is 66.5 cm³/mol. The number of halogens is 1. The van der Waals surface area contributed by atoms with Gasteiger partial charge in [0.15, 0.2) is 5.75 Å². The Bertz CT molecular complexity index is 445. The number of esters is 1. The minimum Gasteiger partial charge on any atom is -0.505 e. The number of anilines is 1. The lowest BCUT2D eigenvalue weighted by Crippen LogP contribution is -2.20. The fourth-order valence-corrected chi connectivity index (χ4v) is 1.27. The van der Waals surface area contributed by atoms with Crippen molar-refractivity contribution in [3.8, 4) is 5.75 Å². The van der Waals surface area contributed by atoms with E-state index in [1.807, 2.05) is 0 Å². The molecule has 1 unspecified atom stereocenters. The Hall–Kier alpha value is -1.56. The maximum absolute atomic E-state index is 11.4. The van der Waals surface area contributed by atoms with Gasteiger partial charge in [0.1, 0.15) is 5.56 Å². The number of aromatic hydroxyl groups is 1. The Morgan fingerprint density at radius 3 is 2.65 bits per heavy atom. The third-order valence-corrected chi connectivity index (χ3v) is 2.48. The molecule has 0 aliphatic carbocycles. The standard InChI is InChI=1S/C11H12BrNO4/c1-6(12)10(15)13-8-5-3-4-7(9(8)14)11(16)17-2/h3-6,14H,1-2H3,(H,13,15). The topological polar surface area (TPSA) is 75.6 Å². The molecule has 92 valence electrons. The Morgan fingerprint density at radius 1 is 1.47 bits per heavy atom. The maximum Gasteiger partial charge on any atom is 0.341 e. The van der Waals surface area contributed by atoms with Crippen LogP contribution in [0.2, 0.25) is 0 Å². The first-order valence-electron chi connectivity index (χ1n) is 4.82. The number of hydrogen-bond donors (Lipinski definition) is 2. The molecular weight excluding hydrogens is 290 g/mol. The Kier molecular flexibility index (Phi) is 4.51. The highest BCUT2D eigenvalue weighted by atomic mass is 79.9. The molecule has 0 aromatic heterocycles. The smallest absolute Gasteiger partial charge is 0.341 e. The van der Waals surface area contributed by atoms with E-state index in [0.29, 0.717) is 0 Å². The highest BCUT2D eigenvalue weighted by Gasteiger charge is 2.17. The molecule has 17 heavy (non-hydrogen) atoms. The zero-order chi connectivity index (χ0) is 13.0. The van der Waals surface area contributed by atoms with Gasteiger partial charge in [0.05, 0.1) is 17.6 Å². The van der Waals surface area contributed by atoms with Gasteiger partial charge in [-0.05, 0) is 19.1 Å². The predicted octanol–water partition coefficient (Wildman–Crippen LogP) is 1.90. The zero-order valence-corrected chi connectivity index (χ0v) is 10.9. The van der Waals surface area contributed by atoms with Crippen LogP contribution in [0.15, 0.2) is 18.2 Å². The normalized spacial score (nSPS) is 11.7. The highest BCUT2D eigenvalue weighted by Crippen LogP contribution is 2.28. The summed E-state index contributed by atoms with van der Waals surface area (Å²) in [7, 11) is 1.22. The van der Waals surface area contributed by atoms with Gasteiger partial charge in [0, 0.05) is 0 Å². The van der Waals surface area contributed by atoms with E-state index in [0.717, 1.165) is 0 Å². The van der Waals surface area contributed by atoms with Gasteiger partial charge in [-0.3, -0.25) is 4.79 Å². The molecule has 0 fully saturated rings. The number of para-hydroxylation sites is 1. The number of methoxy groups -OCH3 is 1. The Labute approximate surface area is 107 Å². The molecule has 2 N–H and O–H groups in total. The number of rotatable bonds is 3. The van der Waals surface area contributed by atoms with Crippen LogP contribution in [0, 0.1) is 0 Å². The molecule has 0 bridgehead atoms. The maximum atomic E-state index is 11.4. The average Bonchev–Trinajstić information content (AvgIpc) is 2.30. The number of nitrogens with one attached hydrogen (secondary N) is 1. The number of carbonyl (C=O) groups excluding carboxylic acids is 2. The molecule has 5 nitrogen and oxygen atoms in total. The second kappa shape index (κ2) is 5.67. The largest absolute Gasteiger partial charge is 0.505 e. The van der Waals surface area contributed by atoms with Crippen molar-refractivity contribution in [3.63, 3.8) is 0 Å². The fourth-order valence-electron chi connectivity index (χ4n) is 1.15. The lowest BCUT2D eigenvalue weighted by Gasteiger charge is -2.10. The zero-order valence-electron chi connectivity index (χ0n) is 9.36. The minimum absolute atomic E-state index is 0.00697. The average molecular weight is 302 g/mol. The molecule has 0 spiro atoms. The van der Waals surface area contributed by atoms with Crippen molar-refractivity contribution in [2.45, 2.75) is 11.8 Å². The van der Waals surface area contributed by atoms with Gasteiger partial charge < -0.3 is 15.2 Å². The van der Waals surface area contributed by atoms with E-state index >= 15 is 0 Å². The molecule has 1 amide bonds. The van der Waals surface area contributed by atoms with Gasteiger partial charge in [-0.15, -0.1) is 0 Å². The molecule has 1 aromatic carbocycles. The van der Waals surface area contributed by atoms with E-state index in [-0.39, 0.29) is 22.9 Å². The van der Waals surface area contributed by atoms with Crippen molar-refractivity contribution in [2.24, 2.45) is 0 Å². The lowest BCUT2D eigenvalue weighted by atomic mass is 10.1. The molecule has 6 heteroatoms. The molecule has 0 aliphatic rings. The van der Waals surface area contributed by atoms with Crippen LogP contribution >= 0.6 is 15.9 Å². The van der Waals surface area contributed by atoms with Gasteiger partial charge in [-0.2, -0.15) is 0 Å². The van der Waals surface area contributed by atoms with Crippen molar-refractivity contribution in [2.75, 3.05) is 12.4 Å². The summed E-state index contributed by atoms with van der Waals surface area (Å²) in [6.07, 6.45) is 0. The van der Waals surface area contributed by atoms with Gasteiger partial charge >= 0.3 is 5.97 Å². The summed E-state index contributed by atoms with van der Waals surface area (Å²) in [5, 5.41) is 12.3. The highest BCUT2D eigenvalue weighted by molar-refractivity contribution is 9.10. The SMILES string of the molecule is COC(=O)c1cccc(NC(=O)C(C)Br)c1O. The molecule has 1 atom stereocenters. The summed E-state index contributed by atoms with van der Waals surface area (Å²) in [6, 6.07) is 4.45. The molecule has 0 aliphatic heterocycles. The molecular formula is C11H12BrNO4. The summed E-state index contributed by atoms with van der Waals surface area (Å²) in [5.41, 5.74) is 0.178. The summed E-state index contributed by atoms with van der Waals surface area (Å²) in [5.74, 6) is -1.28. The van der Waals surface area contributed by atoms with E-state index in [1.54, 1.807) is 13.0 Å². The molecule has 0 heterocycles. The van der Waals surface area contributed by atoms with E-state index in [4.69, 9.17) is 0 Å². The van der Waals surface area contributed by atoms with Crippen molar-refractivity contribution < 1.29 is 19.4 Å². The second-order valence-electron chi connectivity index (χ2n) is 3.30. The van der Waals surface area contributed by atoms with Crippen molar-refractivity contribution >= 4 is 33.5 Å². The van der Waals surface area contributed by atoms with E-state index < -0.39 is 10.8 Å². The van der Waals surface area contributed by atoms with E-state index in [2.05, 4.69) is 26.0 Å². The van der Waals surface area contributed by atoms with Crippen molar-refractivity contribution in [1.82, 2.24) is 0 Å². The number of hydrogen-bond acceptors (Lipinski definition) is 4. The number of amides is 1. The number of ether oxygens (including phenoxy) is 1. The van der Waals surface area contributed by atoms with Crippen molar-refractivity contribution in [1.29, 1.82) is 0 Å². The number of phenols is 1. The molecule has 1 aromatic rings. The summed E-state index contributed by atoms with van der Waals surface area (Å²) >= 11 is 3.10. The van der Waals surface area contributed by atoms with E-state index in [1.165, 1.54) is 19.2 Å². The minimum atomic E-state index is -0.662. The number of benzene rings is 1. The van der Waals surface area contributed by atoms with Crippen LogP contribution in [0.1, 0.15) is 17.3 Å². The third kappa shape index (κ3) is 3.20. The van der Waals surface area contributed by atoms with Crippen molar-refractivity contribution in [3.05, 3.63) is 23.8 Å². The summed E-state index contributed by atoms with van der Waals surface area (Å²) < 4.78 is 4.50. The lowest BCUT2D eigenvalue weighted by molar-refractivity contribution is -0.115. The van der Waals surface area contributed by atoms with Crippen LogP contribution in [-0.4, -0.2) is 28.9 Å². The number of alkyl halides is 1. The first-order valence-corrected chi connectivity index (χ1v) is 5.74. The second-order valence-corrected chi connectivity index (χ2v) is 4.67. The first-order chi connectivity index (χ1) is 7.97. The number of carbonyl (C=O) groups is 2. The molecule has 0 radical (unpaired) electrons. The van der Waals surface area contributed by atoms with E-state index in [9.17, 15) is 14.7 Å². The van der Waals surface area contributed by atoms with Crippen LogP contribution in [-0.2, 0) is 9.53 Å². The Morgan fingerprint density at radius 2 is 2.12 bits per heavy atom. The first kappa shape index (κ1) is 13.5. The van der Waals surface area contributed by atoms with Crippen LogP contribution in [0.4, 0.5) is 5.69 Å². The molecule has 0 saturated carbocycles. The van der Waals surface area contributed by atoms with Crippen LogP contribution in [0.3, 0.4) is 0 Å². The quantitative estimate of drug-likeness (QED) is 0.508. The summed E-state index contributed by atoms with van der Waals surface area (Å²) in [6.45, 7) is 1.65. The fraction of sp³-hybridized carbons (Fsp3) is 0.273. The summed E-state index contributed by atoms with van der Waals surface area (Å²) in [4.78, 5) is 22.3. The third-order valence-electron chi connectivity index (χ3n) is 2.06. The Balaban J connectivity index is 3.02. The van der Waals surface area contributed by atoms with Crippen LogP contribution in [0.25, 0.3) is 0 Å². The molecule has 1 rings (SSSR count). The number of phenolic OH excluding ortho intramolecular Hbond substituents is 1. The van der Waals surface area contributed by atoms with Gasteiger partial charge in [-0.1, -0.05) is 22.0 Å². The van der Waals surface area contributed by atoms with Gasteiger partial charge in [0.25, 0.3) is 0 Å². The van der Waals surface area contributed by atoms with Crippen LogP contribution < -0.4 is 5.32 Å². The monoisotopic (exact) mass is 301 g/mol. The molecule has 0 saturated heterocycles. The van der Waals surface area contributed by atoms with Gasteiger partial charge in [-0.25, -0.2) is 4.79 Å². The van der Waals surface area contributed by atoms with Crippen LogP contribution in [0.5, 0.6) is 5.75 Å².